The third-order valence-corrected chi connectivity index (χ3v) is 2.38. The van der Waals surface area contributed by atoms with Gasteiger partial charge in [0.15, 0.2) is 0 Å². The Balaban J connectivity index is 3.02. The molecule has 1 aromatic heterocycles. The van der Waals surface area contributed by atoms with Gasteiger partial charge in [0.25, 0.3) is 5.91 Å². The van der Waals surface area contributed by atoms with Gasteiger partial charge in [0.05, 0.1) is 6.61 Å². The number of amides is 1. The highest BCUT2D eigenvalue weighted by Gasteiger charge is 2.33. The van der Waals surface area contributed by atoms with E-state index in [0.717, 1.165) is 0 Å². The SMILES string of the molecule is Cc1cc(C(=O)N(CCO)CC(F)(F)F)cc(NN)n1. The Bertz CT molecular complexity index is 479. The summed E-state index contributed by atoms with van der Waals surface area (Å²) < 4.78 is 37.2. The number of nitrogens with one attached hydrogen (secondary N) is 1. The lowest BCUT2D eigenvalue weighted by molar-refractivity contribution is -0.141. The van der Waals surface area contributed by atoms with Gasteiger partial charge in [0.1, 0.15) is 12.4 Å². The molecule has 0 atom stereocenters. The third-order valence-electron chi connectivity index (χ3n) is 2.38. The van der Waals surface area contributed by atoms with Crippen molar-refractivity contribution in [3.8, 4) is 0 Å². The number of aryl methyl sites for hydroxylation is 1. The van der Waals surface area contributed by atoms with Crippen molar-refractivity contribution in [3.63, 3.8) is 0 Å². The number of nitrogens with two attached hydrogens (primary N) is 1. The molecule has 1 amide bonds. The fraction of sp³-hybridized carbons (Fsp3) is 0.455. The molecular formula is C11H15F3N4O2. The molecule has 0 fully saturated rings. The molecule has 0 radical (unpaired) electrons. The molecule has 0 bridgehead atoms. The van der Waals surface area contributed by atoms with E-state index in [1.165, 1.54) is 12.1 Å². The molecule has 20 heavy (non-hydrogen) atoms. The normalized spacial score (nSPS) is 11.3. The fourth-order valence-electron chi connectivity index (χ4n) is 1.64. The molecule has 9 heteroatoms. The van der Waals surface area contributed by atoms with Crippen LogP contribution in [-0.2, 0) is 0 Å². The number of halogens is 3. The van der Waals surface area contributed by atoms with E-state index in [-0.39, 0.29) is 11.4 Å². The molecule has 0 aliphatic heterocycles. The first-order chi connectivity index (χ1) is 9.26. The Hall–Kier alpha value is -1.87. The summed E-state index contributed by atoms with van der Waals surface area (Å²) in [5.41, 5.74) is 2.68. The minimum absolute atomic E-state index is 0.0168. The predicted molar refractivity (Wildman–Crippen MR) is 65.8 cm³/mol. The maximum absolute atomic E-state index is 12.4. The number of pyridine rings is 1. The van der Waals surface area contributed by atoms with Crippen LogP contribution in [0.1, 0.15) is 16.1 Å². The Morgan fingerprint density at radius 3 is 2.65 bits per heavy atom. The van der Waals surface area contributed by atoms with Gasteiger partial charge in [-0.1, -0.05) is 0 Å². The van der Waals surface area contributed by atoms with Crippen LogP contribution in [0.25, 0.3) is 0 Å². The van der Waals surface area contributed by atoms with E-state index >= 15 is 0 Å². The average Bonchev–Trinajstić information content (AvgIpc) is 2.35. The van der Waals surface area contributed by atoms with E-state index in [4.69, 9.17) is 10.9 Å². The maximum Gasteiger partial charge on any atom is 0.406 e. The monoisotopic (exact) mass is 292 g/mol. The van der Waals surface area contributed by atoms with Crippen LogP contribution in [-0.4, -0.2) is 46.8 Å². The lowest BCUT2D eigenvalue weighted by atomic mass is 10.2. The minimum Gasteiger partial charge on any atom is -0.395 e. The first-order valence-electron chi connectivity index (χ1n) is 5.69. The number of anilines is 1. The van der Waals surface area contributed by atoms with Crippen LogP contribution in [0.2, 0.25) is 0 Å². The third kappa shape index (κ3) is 4.67. The maximum atomic E-state index is 12.4. The zero-order valence-electron chi connectivity index (χ0n) is 10.7. The Morgan fingerprint density at radius 1 is 1.50 bits per heavy atom. The predicted octanol–water partition coefficient (Wildman–Crippen LogP) is 0.672. The van der Waals surface area contributed by atoms with Crippen LogP contribution in [0.15, 0.2) is 12.1 Å². The van der Waals surface area contributed by atoms with Crippen molar-refractivity contribution in [3.05, 3.63) is 23.4 Å². The highest BCUT2D eigenvalue weighted by atomic mass is 19.4. The van der Waals surface area contributed by atoms with Gasteiger partial charge in [-0.3, -0.25) is 4.79 Å². The van der Waals surface area contributed by atoms with Crippen LogP contribution < -0.4 is 11.3 Å². The number of nitrogens with zero attached hydrogens (tertiary/aromatic N) is 2. The second-order valence-corrected chi connectivity index (χ2v) is 4.09. The van der Waals surface area contributed by atoms with E-state index in [9.17, 15) is 18.0 Å². The van der Waals surface area contributed by atoms with E-state index in [1.54, 1.807) is 6.92 Å². The first-order valence-corrected chi connectivity index (χ1v) is 5.69. The lowest BCUT2D eigenvalue weighted by Gasteiger charge is -2.23. The van der Waals surface area contributed by atoms with Crippen molar-refractivity contribution in [1.29, 1.82) is 0 Å². The molecule has 0 aliphatic carbocycles. The number of alkyl halides is 3. The topological polar surface area (TPSA) is 91.5 Å². The summed E-state index contributed by atoms with van der Waals surface area (Å²) in [5, 5.41) is 8.78. The standard InChI is InChI=1S/C11H15F3N4O2/c1-7-4-8(5-9(16-7)17-15)10(20)18(2-3-19)6-11(12,13)14/h4-5,19H,2-3,6,15H2,1H3,(H,16,17). The van der Waals surface area contributed by atoms with Gasteiger partial charge in [-0.25, -0.2) is 10.8 Å². The Kier molecular flexibility index (Phi) is 5.28. The number of rotatable bonds is 5. The summed E-state index contributed by atoms with van der Waals surface area (Å²) in [6, 6.07) is 2.60. The molecule has 0 aliphatic rings. The molecule has 1 rings (SSSR count). The number of hydrazine groups is 1. The van der Waals surface area contributed by atoms with Gasteiger partial charge < -0.3 is 15.4 Å². The fourth-order valence-corrected chi connectivity index (χ4v) is 1.64. The van der Waals surface area contributed by atoms with E-state index in [2.05, 4.69) is 10.4 Å². The van der Waals surface area contributed by atoms with Gasteiger partial charge in [-0.05, 0) is 19.1 Å². The van der Waals surface area contributed by atoms with E-state index < -0.39 is 31.8 Å². The first kappa shape index (κ1) is 16.2. The number of carbonyl (C=O) groups excluding carboxylic acids is 1. The summed E-state index contributed by atoms with van der Waals surface area (Å²) in [4.78, 5) is 16.5. The van der Waals surface area contributed by atoms with Crippen LogP contribution in [0.4, 0.5) is 19.0 Å². The van der Waals surface area contributed by atoms with Crippen molar-refractivity contribution in [1.82, 2.24) is 9.88 Å². The van der Waals surface area contributed by atoms with Crippen molar-refractivity contribution >= 4 is 11.7 Å². The average molecular weight is 292 g/mol. The van der Waals surface area contributed by atoms with Crippen molar-refractivity contribution < 1.29 is 23.1 Å². The second-order valence-electron chi connectivity index (χ2n) is 4.09. The number of hydrogen-bond donors (Lipinski definition) is 3. The summed E-state index contributed by atoms with van der Waals surface area (Å²) in [6.45, 7) is -0.824. The Morgan fingerprint density at radius 2 is 2.15 bits per heavy atom. The van der Waals surface area contributed by atoms with Gasteiger partial charge in [-0.15, -0.1) is 0 Å². The molecule has 0 aromatic carbocycles. The Labute approximate surface area is 113 Å². The number of aromatic nitrogens is 1. The number of carbonyl (C=O) groups is 1. The molecule has 0 saturated carbocycles. The number of aliphatic hydroxyl groups is 1. The quantitative estimate of drug-likeness (QED) is 0.548. The largest absolute Gasteiger partial charge is 0.406 e. The molecule has 0 unspecified atom stereocenters. The summed E-state index contributed by atoms with van der Waals surface area (Å²) in [6.07, 6.45) is -4.54. The highest BCUT2D eigenvalue weighted by molar-refractivity contribution is 5.95. The van der Waals surface area contributed by atoms with Crippen LogP contribution in [0, 0.1) is 6.92 Å². The van der Waals surface area contributed by atoms with Gasteiger partial charge in [0.2, 0.25) is 0 Å². The summed E-state index contributed by atoms with van der Waals surface area (Å²) >= 11 is 0. The van der Waals surface area contributed by atoms with Crippen LogP contribution >= 0.6 is 0 Å². The van der Waals surface area contributed by atoms with Crippen LogP contribution in [0.3, 0.4) is 0 Å². The molecule has 0 spiro atoms. The molecule has 1 heterocycles. The van der Waals surface area contributed by atoms with E-state index in [1.807, 2.05) is 0 Å². The number of nitrogen functional groups attached to an aromatic ring is 1. The molecule has 1 aromatic rings. The van der Waals surface area contributed by atoms with E-state index in [0.29, 0.717) is 10.6 Å². The number of hydrogen-bond acceptors (Lipinski definition) is 5. The molecule has 112 valence electrons. The molecule has 4 N–H and O–H groups in total. The molecule has 0 saturated heterocycles. The smallest absolute Gasteiger partial charge is 0.395 e. The minimum atomic E-state index is -4.54. The van der Waals surface area contributed by atoms with Crippen LogP contribution in [0.5, 0.6) is 0 Å². The van der Waals surface area contributed by atoms with Crippen molar-refractivity contribution in [2.75, 3.05) is 25.1 Å². The van der Waals surface area contributed by atoms with Crippen molar-refractivity contribution in [2.24, 2.45) is 5.84 Å². The summed E-state index contributed by atoms with van der Waals surface area (Å²) in [7, 11) is 0. The zero-order valence-corrected chi connectivity index (χ0v) is 10.7. The highest BCUT2D eigenvalue weighted by Crippen LogP contribution is 2.19. The van der Waals surface area contributed by atoms with Gasteiger partial charge >= 0.3 is 6.18 Å². The summed E-state index contributed by atoms with van der Waals surface area (Å²) in [5.74, 6) is 4.49. The lowest BCUT2D eigenvalue weighted by Crippen LogP contribution is -2.40. The van der Waals surface area contributed by atoms with Crippen molar-refractivity contribution in [2.45, 2.75) is 13.1 Å². The molecule has 6 nitrogen and oxygen atoms in total. The molecular weight excluding hydrogens is 277 g/mol. The number of aliphatic hydroxyl groups excluding tert-OH is 1. The van der Waals surface area contributed by atoms with Gasteiger partial charge in [0, 0.05) is 17.8 Å². The second kappa shape index (κ2) is 6.53. The van der Waals surface area contributed by atoms with Gasteiger partial charge in [-0.2, -0.15) is 13.2 Å². The zero-order chi connectivity index (χ0) is 15.3.